The summed E-state index contributed by atoms with van der Waals surface area (Å²) in [7, 11) is 0. The number of rotatable bonds is 4. The molecule has 4 nitrogen and oxygen atoms in total. The van der Waals surface area contributed by atoms with Gasteiger partial charge < -0.3 is 10.1 Å². The monoisotopic (exact) mass is 280 g/mol. The molecule has 1 unspecified atom stereocenters. The number of carbonyl (C=O) groups excluding carboxylic acids is 1. The van der Waals surface area contributed by atoms with Gasteiger partial charge in [0.05, 0.1) is 11.6 Å². The molecule has 106 valence electrons. The number of nitrogens with zero attached hydrogens (tertiary/aromatic N) is 1. The summed E-state index contributed by atoms with van der Waals surface area (Å²) in [6.07, 6.45) is -0.627. The van der Waals surface area contributed by atoms with Crippen molar-refractivity contribution in [1.82, 2.24) is 0 Å². The van der Waals surface area contributed by atoms with Crippen LogP contribution in [-0.2, 0) is 4.79 Å². The molecule has 2 aromatic rings. The van der Waals surface area contributed by atoms with Crippen molar-refractivity contribution in [2.45, 2.75) is 20.0 Å². The minimum absolute atomic E-state index is 0.258. The molecule has 1 amide bonds. The molecule has 1 atom stereocenters. The Morgan fingerprint density at radius 3 is 2.71 bits per heavy atom. The Bertz CT molecular complexity index is 689. The third-order valence-corrected chi connectivity index (χ3v) is 2.93. The fourth-order valence-electron chi connectivity index (χ4n) is 1.86. The number of hydrogen-bond donors (Lipinski definition) is 1. The van der Waals surface area contributed by atoms with Crippen LogP contribution in [0.4, 0.5) is 5.69 Å². The van der Waals surface area contributed by atoms with E-state index in [0.29, 0.717) is 17.0 Å². The van der Waals surface area contributed by atoms with Crippen molar-refractivity contribution in [2.75, 3.05) is 5.32 Å². The predicted molar refractivity (Wildman–Crippen MR) is 81.1 cm³/mol. The van der Waals surface area contributed by atoms with E-state index in [4.69, 9.17) is 10.00 Å². The first kappa shape index (κ1) is 14.6. The molecule has 0 saturated heterocycles. The third-order valence-electron chi connectivity index (χ3n) is 2.93. The van der Waals surface area contributed by atoms with Gasteiger partial charge in [0.25, 0.3) is 5.91 Å². The number of aryl methyl sites for hydroxylation is 1. The van der Waals surface area contributed by atoms with Gasteiger partial charge in [-0.2, -0.15) is 5.26 Å². The summed E-state index contributed by atoms with van der Waals surface area (Å²) in [6, 6.07) is 16.3. The lowest BCUT2D eigenvalue weighted by molar-refractivity contribution is -0.122. The fraction of sp³-hybridized carbons (Fsp3) is 0.176. The summed E-state index contributed by atoms with van der Waals surface area (Å²) < 4.78 is 5.61. The number of carbonyl (C=O) groups is 1. The number of anilines is 1. The molecule has 0 aromatic heterocycles. The van der Waals surface area contributed by atoms with E-state index in [2.05, 4.69) is 5.32 Å². The van der Waals surface area contributed by atoms with Crippen molar-refractivity contribution in [3.63, 3.8) is 0 Å². The molecule has 0 heterocycles. The highest BCUT2D eigenvalue weighted by atomic mass is 16.5. The summed E-state index contributed by atoms with van der Waals surface area (Å²) in [5.41, 5.74) is 2.15. The zero-order valence-electron chi connectivity index (χ0n) is 12.0. The van der Waals surface area contributed by atoms with Crippen LogP contribution in [0.5, 0.6) is 5.75 Å². The molecule has 0 radical (unpaired) electrons. The molecule has 0 spiro atoms. The molecule has 0 aliphatic rings. The lowest BCUT2D eigenvalue weighted by atomic mass is 10.2. The number of nitriles is 1. The Morgan fingerprint density at radius 2 is 2.00 bits per heavy atom. The summed E-state index contributed by atoms with van der Waals surface area (Å²) >= 11 is 0. The lowest BCUT2D eigenvalue weighted by Crippen LogP contribution is -2.30. The Balaban J connectivity index is 2.01. The van der Waals surface area contributed by atoms with E-state index in [1.54, 1.807) is 31.2 Å². The predicted octanol–water partition coefficient (Wildman–Crippen LogP) is 3.27. The molecule has 0 aliphatic heterocycles. The van der Waals surface area contributed by atoms with Gasteiger partial charge in [0, 0.05) is 5.69 Å². The maximum Gasteiger partial charge on any atom is 0.265 e. The molecule has 2 rings (SSSR count). The second-order valence-electron chi connectivity index (χ2n) is 4.76. The Kier molecular flexibility index (Phi) is 4.57. The normalized spacial score (nSPS) is 11.3. The first-order valence-corrected chi connectivity index (χ1v) is 6.63. The Morgan fingerprint density at radius 1 is 1.24 bits per heavy atom. The molecule has 0 fully saturated rings. The topological polar surface area (TPSA) is 62.1 Å². The van der Waals surface area contributed by atoms with Crippen LogP contribution in [0.2, 0.25) is 0 Å². The zero-order chi connectivity index (χ0) is 15.2. The van der Waals surface area contributed by atoms with Crippen molar-refractivity contribution < 1.29 is 9.53 Å². The van der Waals surface area contributed by atoms with Crippen LogP contribution < -0.4 is 10.1 Å². The van der Waals surface area contributed by atoms with Gasteiger partial charge in [0.15, 0.2) is 6.10 Å². The van der Waals surface area contributed by atoms with Crippen LogP contribution in [-0.4, -0.2) is 12.0 Å². The lowest BCUT2D eigenvalue weighted by Gasteiger charge is -2.15. The number of benzene rings is 2. The summed E-state index contributed by atoms with van der Waals surface area (Å²) in [5.74, 6) is 0.398. The summed E-state index contributed by atoms with van der Waals surface area (Å²) in [6.45, 7) is 3.65. The highest BCUT2D eigenvalue weighted by Crippen LogP contribution is 2.15. The standard InChI is InChI=1S/C17H16N2O2/c1-12-5-3-8-16(9-12)21-13(2)17(20)19-15-7-4-6-14(10-15)11-18/h3-10,13H,1-2H3,(H,19,20). The number of nitrogens with one attached hydrogen (secondary N) is 1. The molecular formula is C17H16N2O2. The Hall–Kier alpha value is -2.80. The average molecular weight is 280 g/mol. The van der Waals surface area contributed by atoms with Crippen LogP contribution in [0.15, 0.2) is 48.5 Å². The first-order valence-electron chi connectivity index (χ1n) is 6.63. The van der Waals surface area contributed by atoms with Crippen LogP contribution in [0, 0.1) is 18.3 Å². The average Bonchev–Trinajstić information content (AvgIpc) is 2.47. The van der Waals surface area contributed by atoms with Crippen molar-refractivity contribution in [2.24, 2.45) is 0 Å². The second-order valence-corrected chi connectivity index (χ2v) is 4.76. The van der Waals surface area contributed by atoms with E-state index < -0.39 is 6.10 Å². The molecular weight excluding hydrogens is 264 g/mol. The second kappa shape index (κ2) is 6.58. The van der Waals surface area contributed by atoms with Crippen molar-refractivity contribution in [3.05, 3.63) is 59.7 Å². The van der Waals surface area contributed by atoms with Gasteiger partial charge in [-0.05, 0) is 49.7 Å². The summed E-state index contributed by atoms with van der Waals surface area (Å²) in [4.78, 5) is 12.1. The van der Waals surface area contributed by atoms with Gasteiger partial charge >= 0.3 is 0 Å². The van der Waals surface area contributed by atoms with Crippen molar-refractivity contribution in [1.29, 1.82) is 5.26 Å². The van der Waals surface area contributed by atoms with E-state index >= 15 is 0 Å². The van der Waals surface area contributed by atoms with E-state index in [9.17, 15) is 4.79 Å². The molecule has 21 heavy (non-hydrogen) atoms. The van der Waals surface area contributed by atoms with E-state index in [0.717, 1.165) is 5.56 Å². The third kappa shape index (κ3) is 4.08. The maximum absolute atomic E-state index is 12.1. The van der Waals surface area contributed by atoms with Gasteiger partial charge in [-0.25, -0.2) is 0 Å². The quantitative estimate of drug-likeness (QED) is 0.935. The minimum atomic E-state index is -0.627. The van der Waals surface area contributed by atoms with Crippen LogP contribution in [0.1, 0.15) is 18.1 Å². The molecule has 4 heteroatoms. The van der Waals surface area contributed by atoms with E-state index in [1.165, 1.54) is 0 Å². The zero-order valence-corrected chi connectivity index (χ0v) is 12.0. The van der Waals surface area contributed by atoms with Gasteiger partial charge in [-0.1, -0.05) is 18.2 Å². The molecule has 0 aliphatic carbocycles. The number of ether oxygens (including phenoxy) is 1. The van der Waals surface area contributed by atoms with Crippen LogP contribution in [0.3, 0.4) is 0 Å². The molecule has 0 bridgehead atoms. The van der Waals surface area contributed by atoms with Gasteiger partial charge in [0.1, 0.15) is 5.75 Å². The maximum atomic E-state index is 12.1. The Labute approximate surface area is 124 Å². The van der Waals surface area contributed by atoms with E-state index in [1.807, 2.05) is 37.3 Å². The largest absolute Gasteiger partial charge is 0.481 e. The highest BCUT2D eigenvalue weighted by Gasteiger charge is 2.15. The SMILES string of the molecule is Cc1cccc(OC(C)C(=O)Nc2cccc(C#N)c2)c1. The van der Waals surface area contributed by atoms with Crippen molar-refractivity contribution >= 4 is 11.6 Å². The first-order chi connectivity index (χ1) is 10.1. The van der Waals surface area contributed by atoms with E-state index in [-0.39, 0.29) is 5.91 Å². The van der Waals surface area contributed by atoms with Crippen LogP contribution in [0.25, 0.3) is 0 Å². The summed E-state index contributed by atoms with van der Waals surface area (Å²) in [5, 5.41) is 11.6. The smallest absolute Gasteiger partial charge is 0.265 e. The molecule has 1 N–H and O–H groups in total. The molecule has 2 aromatic carbocycles. The van der Waals surface area contributed by atoms with Crippen LogP contribution >= 0.6 is 0 Å². The fourth-order valence-corrected chi connectivity index (χ4v) is 1.86. The van der Waals surface area contributed by atoms with Gasteiger partial charge in [0.2, 0.25) is 0 Å². The van der Waals surface area contributed by atoms with Gasteiger partial charge in [-0.15, -0.1) is 0 Å². The number of amides is 1. The molecule has 0 saturated carbocycles. The minimum Gasteiger partial charge on any atom is -0.481 e. The van der Waals surface area contributed by atoms with Gasteiger partial charge in [-0.3, -0.25) is 4.79 Å². The number of hydrogen-bond acceptors (Lipinski definition) is 3. The van der Waals surface area contributed by atoms with Crippen molar-refractivity contribution in [3.8, 4) is 11.8 Å². The highest BCUT2D eigenvalue weighted by molar-refractivity contribution is 5.94.